The van der Waals surface area contributed by atoms with Gasteiger partial charge in [0.25, 0.3) is 5.91 Å². The first kappa shape index (κ1) is 19.2. The van der Waals surface area contributed by atoms with Gasteiger partial charge in [-0.2, -0.15) is 0 Å². The third-order valence-electron chi connectivity index (χ3n) is 5.89. The molecule has 2 aromatic heterocycles. The van der Waals surface area contributed by atoms with Gasteiger partial charge in [-0.25, -0.2) is 0 Å². The largest absolute Gasteiger partial charge is 0.472 e. The van der Waals surface area contributed by atoms with Gasteiger partial charge < -0.3 is 19.6 Å². The van der Waals surface area contributed by atoms with Gasteiger partial charge in [-0.05, 0) is 43.2 Å². The summed E-state index contributed by atoms with van der Waals surface area (Å²) >= 11 is 0. The van der Waals surface area contributed by atoms with Gasteiger partial charge >= 0.3 is 0 Å². The van der Waals surface area contributed by atoms with E-state index in [1.807, 2.05) is 42.5 Å². The average Bonchev–Trinajstić information content (AvgIpc) is 3.49. The molecular formula is C25H23N3O3. The first-order chi connectivity index (χ1) is 15.2. The lowest BCUT2D eigenvalue weighted by Crippen LogP contribution is -2.41. The van der Waals surface area contributed by atoms with E-state index in [2.05, 4.69) is 22.4 Å². The number of anilines is 1. The highest BCUT2D eigenvalue weighted by atomic mass is 16.3. The summed E-state index contributed by atoms with van der Waals surface area (Å²) in [6.45, 7) is 1.13. The number of benzene rings is 2. The maximum Gasteiger partial charge on any atom is 0.257 e. The molecule has 6 heteroatoms. The van der Waals surface area contributed by atoms with E-state index in [-0.39, 0.29) is 17.7 Å². The number of para-hydroxylation sites is 1. The number of carbonyl (C=O) groups excluding carboxylic acids is 2. The van der Waals surface area contributed by atoms with Crippen LogP contribution in [0.2, 0.25) is 0 Å². The molecule has 0 spiro atoms. The van der Waals surface area contributed by atoms with Gasteiger partial charge in [-0.1, -0.05) is 30.3 Å². The van der Waals surface area contributed by atoms with Crippen LogP contribution in [-0.4, -0.2) is 34.8 Å². The van der Waals surface area contributed by atoms with E-state index in [9.17, 15) is 9.59 Å². The zero-order valence-electron chi connectivity index (χ0n) is 17.0. The van der Waals surface area contributed by atoms with E-state index in [1.165, 1.54) is 12.5 Å². The second-order valence-corrected chi connectivity index (χ2v) is 7.92. The standard InChI is InChI=1S/C25H23N3O3/c29-24(17-8-11-28(12-9-17)25(30)20-10-13-31-16-20)26-21-6-3-5-18(14-21)23-15-19-4-1-2-7-22(19)27-23/h1-7,10,13-17,27H,8-9,11-12H2,(H,26,29). The van der Waals surface area contributed by atoms with Crippen molar-refractivity contribution < 1.29 is 14.0 Å². The molecule has 1 aliphatic rings. The van der Waals surface area contributed by atoms with Crippen molar-refractivity contribution >= 4 is 28.4 Å². The van der Waals surface area contributed by atoms with Crippen LogP contribution in [0.3, 0.4) is 0 Å². The van der Waals surface area contributed by atoms with Crippen LogP contribution in [0.25, 0.3) is 22.2 Å². The van der Waals surface area contributed by atoms with Gasteiger partial charge in [0.1, 0.15) is 6.26 Å². The second-order valence-electron chi connectivity index (χ2n) is 7.92. The Morgan fingerprint density at radius 3 is 2.61 bits per heavy atom. The maximum atomic E-state index is 12.8. The molecule has 6 nitrogen and oxygen atoms in total. The lowest BCUT2D eigenvalue weighted by atomic mass is 9.95. The summed E-state index contributed by atoms with van der Waals surface area (Å²) in [6.07, 6.45) is 4.26. The average molecular weight is 413 g/mol. The molecule has 31 heavy (non-hydrogen) atoms. The molecule has 2 aromatic carbocycles. The number of nitrogens with zero attached hydrogens (tertiary/aromatic N) is 1. The third-order valence-corrected chi connectivity index (χ3v) is 5.89. The van der Waals surface area contributed by atoms with Gasteiger partial charge in [0.2, 0.25) is 5.91 Å². The number of likely N-dealkylation sites (tertiary alicyclic amines) is 1. The molecule has 5 rings (SSSR count). The minimum absolute atomic E-state index is 0.00390. The molecule has 2 N–H and O–H groups in total. The van der Waals surface area contributed by atoms with Crippen LogP contribution in [0.5, 0.6) is 0 Å². The molecule has 1 fully saturated rings. The molecule has 0 unspecified atom stereocenters. The fourth-order valence-corrected chi connectivity index (χ4v) is 4.15. The number of hydrogen-bond donors (Lipinski definition) is 2. The number of furan rings is 1. The number of carbonyl (C=O) groups is 2. The van der Waals surface area contributed by atoms with E-state index < -0.39 is 0 Å². The van der Waals surface area contributed by atoms with Crippen LogP contribution in [0.15, 0.2) is 77.6 Å². The van der Waals surface area contributed by atoms with Crippen LogP contribution in [0, 0.1) is 5.92 Å². The first-order valence-corrected chi connectivity index (χ1v) is 10.5. The predicted molar refractivity (Wildman–Crippen MR) is 120 cm³/mol. The lowest BCUT2D eigenvalue weighted by Gasteiger charge is -2.31. The third kappa shape index (κ3) is 3.97. The fourth-order valence-electron chi connectivity index (χ4n) is 4.15. The van der Waals surface area contributed by atoms with Crippen molar-refractivity contribution in [1.29, 1.82) is 0 Å². The summed E-state index contributed by atoms with van der Waals surface area (Å²) in [4.78, 5) is 30.5. The Labute approximate surface area is 179 Å². The smallest absolute Gasteiger partial charge is 0.257 e. The maximum absolute atomic E-state index is 12.8. The summed E-state index contributed by atoms with van der Waals surface area (Å²) in [5, 5.41) is 4.21. The van der Waals surface area contributed by atoms with E-state index in [0.717, 1.165) is 27.8 Å². The quantitative estimate of drug-likeness (QED) is 0.498. The Balaban J connectivity index is 1.23. The SMILES string of the molecule is O=C(Nc1cccc(-c2cc3ccccc3[nH]2)c1)C1CCN(C(=O)c2ccoc2)CC1. The van der Waals surface area contributed by atoms with Crippen molar-refractivity contribution in [2.45, 2.75) is 12.8 Å². The van der Waals surface area contributed by atoms with Crippen molar-refractivity contribution in [3.8, 4) is 11.3 Å². The molecule has 3 heterocycles. The van der Waals surface area contributed by atoms with E-state index in [1.54, 1.807) is 11.0 Å². The summed E-state index contributed by atoms with van der Waals surface area (Å²) in [5.74, 6) is -0.145. The Bertz CT molecular complexity index is 1180. The Hall–Kier alpha value is -3.80. The zero-order chi connectivity index (χ0) is 21.2. The van der Waals surface area contributed by atoms with Crippen molar-refractivity contribution in [3.05, 3.63) is 78.8 Å². The van der Waals surface area contributed by atoms with Crippen LogP contribution in [0.1, 0.15) is 23.2 Å². The minimum atomic E-state index is -0.106. The number of rotatable bonds is 4. The van der Waals surface area contributed by atoms with Crippen molar-refractivity contribution in [2.24, 2.45) is 5.92 Å². The van der Waals surface area contributed by atoms with Gasteiger partial charge in [0.05, 0.1) is 11.8 Å². The molecule has 0 radical (unpaired) electrons. The fraction of sp³-hybridized carbons (Fsp3) is 0.200. The number of piperidine rings is 1. The number of nitrogens with one attached hydrogen (secondary N) is 2. The summed E-state index contributed by atoms with van der Waals surface area (Å²) in [5.41, 5.74) is 4.45. The number of fused-ring (bicyclic) bond motifs is 1. The Kier molecular flexibility index (Phi) is 5.04. The topological polar surface area (TPSA) is 78.3 Å². The highest BCUT2D eigenvalue weighted by molar-refractivity contribution is 5.95. The van der Waals surface area contributed by atoms with Crippen LogP contribution in [-0.2, 0) is 4.79 Å². The molecule has 0 atom stereocenters. The first-order valence-electron chi connectivity index (χ1n) is 10.5. The molecule has 1 saturated heterocycles. The number of aromatic nitrogens is 1. The van der Waals surface area contributed by atoms with E-state index >= 15 is 0 Å². The van der Waals surface area contributed by atoms with Gasteiger partial charge in [-0.3, -0.25) is 9.59 Å². The second kappa shape index (κ2) is 8.14. The number of aromatic amines is 1. The molecule has 0 aliphatic carbocycles. The molecule has 2 amide bonds. The van der Waals surface area contributed by atoms with Gasteiger partial charge in [-0.15, -0.1) is 0 Å². The highest BCUT2D eigenvalue weighted by Crippen LogP contribution is 2.27. The van der Waals surface area contributed by atoms with Crippen molar-refractivity contribution in [2.75, 3.05) is 18.4 Å². The van der Waals surface area contributed by atoms with Crippen LogP contribution >= 0.6 is 0 Å². The van der Waals surface area contributed by atoms with E-state index in [4.69, 9.17) is 4.42 Å². The van der Waals surface area contributed by atoms with Crippen molar-refractivity contribution in [3.63, 3.8) is 0 Å². The predicted octanol–water partition coefficient (Wildman–Crippen LogP) is 4.92. The molecule has 4 aromatic rings. The van der Waals surface area contributed by atoms with E-state index in [0.29, 0.717) is 31.5 Å². The van der Waals surface area contributed by atoms with Crippen LogP contribution in [0.4, 0.5) is 5.69 Å². The molecule has 0 bridgehead atoms. The monoisotopic (exact) mass is 413 g/mol. The number of amides is 2. The molecular weight excluding hydrogens is 390 g/mol. The summed E-state index contributed by atoms with van der Waals surface area (Å²) < 4.78 is 5.00. The lowest BCUT2D eigenvalue weighted by molar-refractivity contribution is -0.121. The number of H-pyrrole nitrogens is 1. The Morgan fingerprint density at radius 1 is 1.00 bits per heavy atom. The highest BCUT2D eigenvalue weighted by Gasteiger charge is 2.28. The number of hydrogen-bond acceptors (Lipinski definition) is 3. The van der Waals surface area contributed by atoms with Crippen molar-refractivity contribution in [1.82, 2.24) is 9.88 Å². The molecule has 156 valence electrons. The minimum Gasteiger partial charge on any atom is -0.472 e. The summed E-state index contributed by atoms with van der Waals surface area (Å²) in [7, 11) is 0. The van der Waals surface area contributed by atoms with Gasteiger partial charge in [0.15, 0.2) is 0 Å². The summed E-state index contributed by atoms with van der Waals surface area (Å²) in [6, 6.07) is 19.8. The zero-order valence-corrected chi connectivity index (χ0v) is 17.0. The normalized spacial score (nSPS) is 14.6. The molecule has 1 aliphatic heterocycles. The molecule has 0 saturated carbocycles. The Morgan fingerprint density at radius 2 is 1.84 bits per heavy atom. The van der Waals surface area contributed by atoms with Crippen LogP contribution < -0.4 is 5.32 Å². The van der Waals surface area contributed by atoms with Gasteiger partial charge in [0, 0.05) is 46.9 Å².